The fourth-order valence-electron chi connectivity index (χ4n) is 7.23. The van der Waals surface area contributed by atoms with Crippen molar-refractivity contribution in [3.8, 4) is 0 Å². The minimum Gasteiger partial charge on any atom is -0.444 e. The molecule has 4 aliphatic heterocycles. The number of nitrogens with zero attached hydrogens (tertiary/aromatic N) is 5. The van der Waals surface area contributed by atoms with Crippen LogP contribution in [0.5, 0.6) is 0 Å². The Kier molecular flexibility index (Phi) is 25.5. The number of alkyl carbamates (subject to hydrolysis) is 1. The van der Waals surface area contributed by atoms with E-state index in [1.807, 2.05) is 46.9 Å². The molecule has 0 bridgehead atoms. The number of piperazine rings is 2. The van der Waals surface area contributed by atoms with Crippen LogP contribution in [0, 0.1) is 11.6 Å². The SMILES string of the molecule is C.C.C=O.CC(C)(C)OC(=O)NC[C@H]1CN(c2ccc(N3CCN(C(=O)CCOCc4ccccc4)CC3)c(F)c2)C(=O)O1.Cl.Cl.NC[C@H]1CN(c2ccc(N3CCNCC3)c(F)c2)C(=O)O1. The van der Waals surface area contributed by atoms with Crippen LogP contribution in [0.25, 0.3) is 0 Å². The number of nitrogens with two attached hydrogens (primary N) is 1. The van der Waals surface area contributed by atoms with Crippen LogP contribution in [0.3, 0.4) is 0 Å². The van der Waals surface area contributed by atoms with Crippen molar-refractivity contribution in [2.24, 2.45) is 5.73 Å². The Morgan fingerprint density at radius 3 is 1.79 bits per heavy atom. The standard InChI is InChI=1S/C29H37FN4O6.C14H19FN4O2.CH2O.2CH4.2ClH/c1-29(2,3)40-27(36)31-18-23-19-34(28(37)39-23)22-9-10-25(24(30)17-22)32-12-14-33(15-13-32)26(35)11-16-38-20-21-7-5-4-6-8-21;15-12-7-10(19-9-11(8-16)21-14(19)20)1-2-13(12)18-5-3-17-4-6-18;1-2;;;;/h4-10,17,23H,11-16,18-20H2,1-3H3,(H,31,36);1-2,7,11,17H,3-6,8-9,16H2;1H2;2*1H4;2*1H/t23-;11-;;;;;/m00...../s1. The van der Waals surface area contributed by atoms with E-state index in [0.29, 0.717) is 75.1 Å². The first-order valence-electron chi connectivity index (χ1n) is 20.9. The molecule has 3 aromatic carbocycles. The van der Waals surface area contributed by atoms with Gasteiger partial charge in [-0.2, -0.15) is 0 Å². The van der Waals surface area contributed by atoms with Gasteiger partial charge < -0.3 is 54.8 Å². The molecule has 374 valence electrons. The van der Waals surface area contributed by atoms with Crippen LogP contribution in [-0.4, -0.2) is 139 Å². The van der Waals surface area contributed by atoms with E-state index in [9.17, 15) is 23.6 Å². The number of halogens is 4. The zero-order chi connectivity index (χ0) is 45.5. The molecule has 0 radical (unpaired) electrons. The molecule has 0 unspecified atom stereocenters. The molecular formula is C46H68Cl2F2N8O9. The van der Waals surface area contributed by atoms with Crippen molar-refractivity contribution >= 4 is 78.5 Å². The van der Waals surface area contributed by atoms with Gasteiger partial charge in [0.1, 0.15) is 36.2 Å². The van der Waals surface area contributed by atoms with Crippen molar-refractivity contribution in [2.75, 3.05) is 105 Å². The van der Waals surface area contributed by atoms with Crippen molar-refractivity contribution in [1.82, 2.24) is 15.5 Å². The van der Waals surface area contributed by atoms with Gasteiger partial charge in [-0.15, -0.1) is 24.8 Å². The zero-order valence-corrected chi connectivity index (χ0v) is 38.5. The number of nitrogens with one attached hydrogen (secondary N) is 2. The molecule has 0 aliphatic carbocycles. The highest BCUT2D eigenvalue weighted by Gasteiger charge is 2.34. The van der Waals surface area contributed by atoms with Crippen LogP contribution in [0.1, 0.15) is 47.6 Å². The molecule has 67 heavy (non-hydrogen) atoms. The molecule has 4 saturated heterocycles. The summed E-state index contributed by atoms with van der Waals surface area (Å²) in [4.78, 5) is 65.0. The van der Waals surface area contributed by atoms with E-state index in [2.05, 4.69) is 10.6 Å². The number of amides is 4. The predicted octanol–water partition coefficient (Wildman–Crippen LogP) is 6.38. The van der Waals surface area contributed by atoms with E-state index in [-0.39, 0.29) is 77.1 Å². The van der Waals surface area contributed by atoms with E-state index >= 15 is 4.39 Å². The minimum absolute atomic E-state index is 0. The fourth-order valence-corrected chi connectivity index (χ4v) is 7.23. The number of cyclic esters (lactones) is 2. The van der Waals surface area contributed by atoms with E-state index in [1.165, 1.54) is 21.9 Å². The van der Waals surface area contributed by atoms with Gasteiger partial charge in [0.15, 0.2) is 0 Å². The van der Waals surface area contributed by atoms with Crippen molar-refractivity contribution < 1.29 is 51.7 Å². The highest BCUT2D eigenvalue weighted by atomic mass is 35.5. The molecule has 0 aromatic heterocycles. The molecule has 2 atom stereocenters. The first-order valence-corrected chi connectivity index (χ1v) is 20.9. The summed E-state index contributed by atoms with van der Waals surface area (Å²) in [7, 11) is 0. The Morgan fingerprint density at radius 2 is 1.30 bits per heavy atom. The largest absolute Gasteiger partial charge is 0.444 e. The lowest BCUT2D eigenvalue weighted by atomic mass is 10.2. The van der Waals surface area contributed by atoms with Gasteiger partial charge in [-0.05, 0) is 62.7 Å². The summed E-state index contributed by atoms with van der Waals surface area (Å²) in [6.45, 7) is 14.2. The highest BCUT2D eigenvalue weighted by molar-refractivity contribution is 5.91. The first kappa shape index (κ1) is 59.5. The maximum Gasteiger partial charge on any atom is 0.414 e. The molecule has 17 nitrogen and oxygen atoms in total. The first-order chi connectivity index (χ1) is 30.3. The third kappa shape index (κ3) is 17.3. The maximum absolute atomic E-state index is 15.1. The van der Waals surface area contributed by atoms with Gasteiger partial charge in [-0.25, -0.2) is 23.2 Å². The summed E-state index contributed by atoms with van der Waals surface area (Å²) in [6, 6.07) is 19.3. The number of ether oxygens (including phenoxy) is 4. The number of carbonyl (C=O) groups excluding carboxylic acids is 5. The summed E-state index contributed by atoms with van der Waals surface area (Å²) in [6.07, 6.45) is -2.29. The highest BCUT2D eigenvalue weighted by Crippen LogP contribution is 2.30. The fraction of sp³-hybridized carbons (Fsp3) is 0.500. The smallest absolute Gasteiger partial charge is 0.414 e. The Morgan fingerprint density at radius 1 is 0.791 bits per heavy atom. The second-order valence-electron chi connectivity index (χ2n) is 16.0. The lowest BCUT2D eigenvalue weighted by Crippen LogP contribution is -2.49. The number of benzene rings is 3. The summed E-state index contributed by atoms with van der Waals surface area (Å²) in [5.74, 6) is -0.764. The van der Waals surface area contributed by atoms with Gasteiger partial charge in [0.2, 0.25) is 5.91 Å². The van der Waals surface area contributed by atoms with Gasteiger partial charge in [-0.3, -0.25) is 14.6 Å². The van der Waals surface area contributed by atoms with Gasteiger partial charge >= 0.3 is 18.3 Å². The topological polar surface area (TPSA) is 189 Å². The minimum atomic E-state index is -0.637. The summed E-state index contributed by atoms with van der Waals surface area (Å²) < 4.78 is 50.7. The number of hydrogen-bond acceptors (Lipinski definition) is 13. The number of hydrogen-bond donors (Lipinski definition) is 3. The number of carbonyl (C=O) groups is 5. The van der Waals surface area contributed by atoms with Crippen molar-refractivity contribution in [2.45, 2.75) is 66.5 Å². The van der Waals surface area contributed by atoms with Crippen LogP contribution < -0.4 is 36.0 Å². The molecule has 0 saturated carbocycles. The van der Waals surface area contributed by atoms with E-state index < -0.39 is 35.8 Å². The van der Waals surface area contributed by atoms with Gasteiger partial charge in [0.05, 0.1) is 62.0 Å². The van der Waals surface area contributed by atoms with E-state index in [0.717, 1.165) is 31.7 Å². The molecular weight excluding hydrogens is 917 g/mol. The number of anilines is 4. The molecule has 0 spiro atoms. The van der Waals surface area contributed by atoms with Crippen LogP contribution in [0.4, 0.5) is 45.9 Å². The molecule has 21 heteroatoms. The second kappa shape index (κ2) is 28.6. The molecule has 4 aliphatic rings. The molecule has 4 heterocycles. The second-order valence-corrected chi connectivity index (χ2v) is 16.0. The molecule has 7 rings (SSSR count). The van der Waals surface area contributed by atoms with Crippen LogP contribution in [-0.2, 0) is 35.1 Å². The normalized spacial score (nSPS) is 17.6. The predicted molar refractivity (Wildman–Crippen MR) is 261 cm³/mol. The lowest BCUT2D eigenvalue weighted by molar-refractivity contribution is -0.132. The zero-order valence-electron chi connectivity index (χ0n) is 36.9. The lowest BCUT2D eigenvalue weighted by Gasteiger charge is -2.36. The van der Waals surface area contributed by atoms with Crippen molar-refractivity contribution in [3.63, 3.8) is 0 Å². The van der Waals surface area contributed by atoms with E-state index in [4.69, 9.17) is 29.5 Å². The van der Waals surface area contributed by atoms with Crippen LogP contribution in [0.15, 0.2) is 66.7 Å². The quantitative estimate of drug-likeness (QED) is 0.134. The maximum atomic E-state index is 15.1. The Balaban J connectivity index is 0.000000706. The monoisotopic (exact) mass is 984 g/mol. The Bertz CT molecular complexity index is 2010. The summed E-state index contributed by atoms with van der Waals surface area (Å²) in [5, 5.41) is 5.82. The van der Waals surface area contributed by atoms with Gasteiger partial charge in [-0.1, -0.05) is 45.2 Å². The van der Waals surface area contributed by atoms with Crippen LogP contribution in [0.2, 0.25) is 0 Å². The van der Waals surface area contributed by atoms with Gasteiger partial charge in [0, 0.05) is 58.9 Å². The van der Waals surface area contributed by atoms with Gasteiger partial charge in [0.25, 0.3) is 0 Å². The summed E-state index contributed by atoms with van der Waals surface area (Å²) >= 11 is 0. The molecule has 3 aromatic rings. The van der Waals surface area contributed by atoms with Crippen LogP contribution >= 0.6 is 24.8 Å². The molecule has 4 N–H and O–H groups in total. The summed E-state index contributed by atoms with van der Waals surface area (Å²) in [5.41, 5.74) is 7.79. The number of rotatable bonds is 12. The Labute approximate surface area is 405 Å². The van der Waals surface area contributed by atoms with Crippen molar-refractivity contribution in [3.05, 3.63) is 83.9 Å². The molecule has 4 amide bonds. The average molecular weight is 986 g/mol. The third-order valence-corrected chi connectivity index (χ3v) is 10.4. The third-order valence-electron chi connectivity index (χ3n) is 10.4. The van der Waals surface area contributed by atoms with E-state index in [1.54, 1.807) is 49.9 Å². The molecule has 4 fully saturated rings. The average Bonchev–Trinajstić information content (AvgIpc) is 3.86. The van der Waals surface area contributed by atoms with Crippen molar-refractivity contribution in [1.29, 1.82) is 0 Å². The Hall–Kier alpha value is -5.47.